The summed E-state index contributed by atoms with van der Waals surface area (Å²) in [6.07, 6.45) is 5.32. The van der Waals surface area contributed by atoms with Gasteiger partial charge in [-0.05, 0) is 42.5 Å². The van der Waals surface area contributed by atoms with E-state index in [0.717, 1.165) is 30.6 Å². The molecule has 37 heavy (non-hydrogen) atoms. The Hall–Kier alpha value is -3.52. The molecule has 0 saturated heterocycles. The maximum atomic E-state index is 14.2. The van der Waals surface area contributed by atoms with Crippen molar-refractivity contribution in [1.82, 2.24) is 5.32 Å². The quantitative estimate of drug-likeness (QED) is 0.378. The normalized spacial score (nSPS) is 14.5. The third-order valence-electron chi connectivity index (χ3n) is 6.71. The molecule has 1 aliphatic carbocycles. The molecular formula is C29H34N2O5S. The van der Waals surface area contributed by atoms with E-state index in [0.29, 0.717) is 28.5 Å². The van der Waals surface area contributed by atoms with Gasteiger partial charge in [0.15, 0.2) is 11.5 Å². The molecule has 196 valence electrons. The average molecular weight is 523 g/mol. The molecule has 1 aliphatic rings. The van der Waals surface area contributed by atoms with Crippen LogP contribution in [0.4, 0.5) is 5.69 Å². The predicted molar refractivity (Wildman–Crippen MR) is 146 cm³/mol. The number of benzene rings is 2. The van der Waals surface area contributed by atoms with Crippen molar-refractivity contribution in [1.29, 1.82) is 0 Å². The number of rotatable bonds is 10. The number of nitrogens with one attached hydrogen (secondary N) is 1. The number of thiophene rings is 1. The first kappa shape index (κ1) is 26.5. The lowest BCUT2D eigenvalue weighted by Crippen LogP contribution is -2.48. The van der Waals surface area contributed by atoms with Crippen molar-refractivity contribution in [3.8, 4) is 17.2 Å². The number of methoxy groups -OCH3 is 3. The largest absolute Gasteiger partial charge is 0.495 e. The number of carbonyl (C=O) groups is 2. The molecule has 1 aromatic heterocycles. The lowest BCUT2D eigenvalue weighted by Gasteiger charge is -2.34. The van der Waals surface area contributed by atoms with Crippen LogP contribution in [0.25, 0.3) is 0 Å². The second kappa shape index (κ2) is 12.6. The van der Waals surface area contributed by atoms with Crippen molar-refractivity contribution >= 4 is 28.8 Å². The van der Waals surface area contributed by atoms with Crippen molar-refractivity contribution in [2.75, 3.05) is 26.2 Å². The zero-order valence-corrected chi connectivity index (χ0v) is 22.4. The Kier molecular flexibility index (Phi) is 9.06. The summed E-state index contributed by atoms with van der Waals surface area (Å²) in [5.41, 5.74) is 1.06. The Morgan fingerprint density at radius 3 is 2.32 bits per heavy atom. The second-order valence-corrected chi connectivity index (χ2v) is 10.1. The van der Waals surface area contributed by atoms with Gasteiger partial charge < -0.3 is 19.5 Å². The van der Waals surface area contributed by atoms with Gasteiger partial charge in [-0.25, -0.2) is 0 Å². The summed E-state index contributed by atoms with van der Waals surface area (Å²) in [7, 11) is 4.65. The van der Waals surface area contributed by atoms with Crippen LogP contribution in [0.15, 0.2) is 60.0 Å². The number of hydrogen-bond donors (Lipinski definition) is 1. The number of carbonyl (C=O) groups excluding carboxylic acids is 2. The van der Waals surface area contributed by atoms with E-state index < -0.39 is 6.04 Å². The third kappa shape index (κ3) is 6.07. The van der Waals surface area contributed by atoms with Crippen molar-refractivity contribution in [3.05, 3.63) is 70.4 Å². The van der Waals surface area contributed by atoms with Gasteiger partial charge in [0, 0.05) is 16.5 Å². The van der Waals surface area contributed by atoms with Crippen LogP contribution in [0.5, 0.6) is 17.2 Å². The van der Waals surface area contributed by atoms with E-state index >= 15 is 0 Å². The highest BCUT2D eigenvalue weighted by Gasteiger charge is 2.38. The first-order chi connectivity index (χ1) is 18.1. The summed E-state index contributed by atoms with van der Waals surface area (Å²) in [5.74, 6) is 0.919. The van der Waals surface area contributed by atoms with E-state index in [9.17, 15) is 9.59 Å². The van der Waals surface area contributed by atoms with Gasteiger partial charge in [0.2, 0.25) is 11.8 Å². The molecule has 1 heterocycles. The minimum Gasteiger partial charge on any atom is -0.495 e. The fraction of sp³-hybridized carbons (Fsp3) is 0.379. The molecule has 2 amide bonds. The van der Waals surface area contributed by atoms with E-state index in [1.807, 2.05) is 41.8 Å². The lowest BCUT2D eigenvalue weighted by molar-refractivity contribution is -0.127. The molecule has 3 aromatic rings. The van der Waals surface area contributed by atoms with Gasteiger partial charge in [0.1, 0.15) is 11.8 Å². The number of anilines is 1. The number of hydrogen-bond acceptors (Lipinski definition) is 6. The summed E-state index contributed by atoms with van der Waals surface area (Å²) in [6, 6.07) is 15.6. The standard InChI is InChI=1S/C29H34N2O5S/c1-34-24-16-8-7-15-23(24)31(26(32)19-21-13-10-18-37-21)27(29(33)30-20-11-5-4-6-12-20)22-14-9-17-25(35-2)28(22)36-3/h7-10,13-18,20,27H,4-6,11-12,19H2,1-3H3,(H,30,33). The van der Waals surface area contributed by atoms with Gasteiger partial charge in [-0.1, -0.05) is 49.6 Å². The molecule has 2 aromatic carbocycles. The minimum absolute atomic E-state index is 0.0623. The van der Waals surface area contributed by atoms with Gasteiger partial charge in [0.05, 0.1) is 33.4 Å². The summed E-state index contributed by atoms with van der Waals surface area (Å²) >= 11 is 1.51. The first-order valence-corrected chi connectivity index (χ1v) is 13.4. The molecular weight excluding hydrogens is 488 g/mol. The van der Waals surface area contributed by atoms with Crippen molar-refractivity contribution in [3.63, 3.8) is 0 Å². The Balaban J connectivity index is 1.87. The molecule has 0 aliphatic heterocycles. The number of ether oxygens (including phenoxy) is 3. The molecule has 8 heteroatoms. The monoisotopic (exact) mass is 522 g/mol. The van der Waals surface area contributed by atoms with Crippen molar-refractivity contribution in [2.24, 2.45) is 0 Å². The number of amides is 2. The smallest absolute Gasteiger partial charge is 0.248 e. The summed E-state index contributed by atoms with van der Waals surface area (Å²) < 4.78 is 16.9. The Morgan fingerprint density at radius 1 is 0.919 bits per heavy atom. The molecule has 7 nitrogen and oxygen atoms in total. The van der Waals surface area contributed by atoms with E-state index in [2.05, 4.69) is 5.32 Å². The molecule has 0 bridgehead atoms. The van der Waals surface area contributed by atoms with Gasteiger partial charge in [-0.15, -0.1) is 11.3 Å². The molecule has 1 unspecified atom stereocenters. The predicted octanol–water partition coefficient (Wildman–Crippen LogP) is 5.54. The van der Waals surface area contributed by atoms with Crippen LogP contribution in [-0.2, 0) is 16.0 Å². The minimum atomic E-state index is -1.00. The molecule has 0 spiro atoms. The highest BCUT2D eigenvalue weighted by atomic mass is 32.1. The molecule has 1 atom stereocenters. The molecule has 0 radical (unpaired) electrons. The van der Waals surface area contributed by atoms with Gasteiger partial charge in [0.25, 0.3) is 0 Å². The van der Waals surface area contributed by atoms with Gasteiger partial charge in [-0.3, -0.25) is 14.5 Å². The fourth-order valence-corrected chi connectivity index (χ4v) is 5.64. The molecule has 1 saturated carbocycles. The maximum absolute atomic E-state index is 14.2. The molecule has 1 N–H and O–H groups in total. The van der Waals surface area contributed by atoms with E-state index in [1.54, 1.807) is 44.4 Å². The van der Waals surface area contributed by atoms with Crippen LogP contribution < -0.4 is 24.4 Å². The first-order valence-electron chi connectivity index (χ1n) is 12.6. The second-order valence-electron chi connectivity index (χ2n) is 9.02. The van der Waals surface area contributed by atoms with Crippen LogP contribution in [0.1, 0.15) is 48.6 Å². The van der Waals surface area contributed by atoms with Crippen LogP contribution >= 0.6 is 11.3 Å². The summed E-state index contributed by atoms with van der Waals surface area (Å²) in [5, 5.41) is 5.18. The van der Waals surface area contributed by atoms with Crippen molar-refractivity contribution in [2.45, 2.75) is 50.6 Å². The third-order valence-corrected chi connectivity index (χ3v) is 7.58. The topological polar surface area (TPSA) is 77.1 Å². The van der Waals surface area contributed by atoms with Crippen LogP contribution in [0.2, 0.25) is 0 Å². The van der Waals surface area contributed by atoms with E-state index in [1.165, 1.54) is 17.8 Å². The molecule has 4 rings (SSSR count). The van der Waals surface area contributed by atoms with Gasteiger partial charge in [-0.2, -0.15) is 0 Å². The van der Waals surface area contributed by atoms with Crippen LogP contribution in [-0.4, -0.2) is 39.2 Å². The summed E-state index contributed by atoms with van der Waals surface area (Å²) in [6.45, 7) is 0. The Morgan fingerprint density at radius 2 is 1.65 bits per heavy atom. The molecule has 1 fully saturated rings. The average Bonchev–Trinajstić information content (AvgIpc) is 3.44. The fourth-order valence-electron chi connectivity index (χ4n) is 4.95. The van der Waals surface area contributed by atoms with Crippen LogP contribution in [0.3, 0.4) is 0 Å². The maximum Gasteiger partial charge on any atom is 0.248 e. The Labute approximate surface area is 222 Å². The SMILES string of the molecule is COc1ccccc1N(C(=O)Cc1cccs1)C(C(=O)NC1CCCCC1)c1cccc(OC)c1OC. The Bertz CT molecular complexity index is 1190. The highest BCUT2D eigenvalue weighted by Crippen LogP contribution is 2.41. The van der Waals surface area contributed by atoms with Crippen molar-refractivity contribution < 1.29 is 23.8 Å². The van der Waals surface area contributed by atoms with Gasteiger partial charge >= 0.3 is 0 Å². The highest BCUT2D eigenvalue weighted by molar-refractivity contribution is 7.10. The lowest BCUT2D eigenvalue weighted by atomic mass is 9.94. The van der Waals surface area contributed by atoms with E-state index in [-0.39, 0.29) is 24.3 Å². The summed E-state index contributed by atoms with van der Waals surface area (Å²) in [4.78, 5) is 30.7. The number of nitrogens with zero attached hydrogens (tertiary/aromatic N) is 1. The van der Waals surface area contributed by atoms with Crippen LogP contribution in [0, 0.1) is 0 Å². The number of para-hydroxylation sites is 3. The zero-order chi connectivity index (χ0) is 26.2. The van der Waals surface area contributed by atoms with E-state index in [4.69, 9.17) is 14.2 Å². The zero-order valence-electron chi connectivity index (χ0n) is 21.6.